The first kappa shape index (κ1) is 13.0. The highest BCUT2D eigenvalue weighted by atomic mass is 32.2. The van der Waals surface area contributed by atoms with Gasteiger partial charge in [0.1, 0.15) is 6.04 Å². The van der Waals surface area contributed by atoms with Gasteiger partial charge in [0.05, 0.1) is 5.25 Å². The van der Waals surface area contributed by atoms with Crippen LogP contribution in [0.3, 0.4) is 0 Å². The Morgan fingerprint density at radius 2 is 2.33 bits per heavy atom. The Hall–Kier alpha value is -1.49. The molecular formula is C13H15NO3S. The predicted molar refractivity (Wildman–Crippen MR) is 70.7 cm³/mol. The third kappa shape index (κ3) is 3.04. The fourth-order valence-electron chi connectivity index (χ4n) is 1.93. The van der Waals surface area contributed by atoms with E-state index in [-0.39, 0.29) is 11.2 Å². The normalized spacial score (nSPS) is 23.5. The molecule has 1 heterocycles. The largest absolute Gasteiger partial charge is 0.480 e. The van der Waals surface area contributed by atoms with Crippen LogP contribution in [0, 0.1) is 6.92 Å². The van der Waals surface area contributed by atoms with Gasteiger partial charge in [0.2, 0.25) is 5.91 Å². The van der Waals surface area contributed by atoms with Gasteiger partial charge >= 0.3 is 5.97 Å². The van der Waals surface area contributed by atoms with Gasteiger partial charge in [-0.2, -0.15) is 0 Å². The second-order valence-electron chi connectivity index (χ2n) is 4.41. The second kappa shape index (κ2) is 5.44. The van der Waals surface area contributed by atoms with Crippen LogP contribution in [0.5, 0.6) is 0 Å². The van der Waals surface area contributed by atoms with Gasteiger partial charge < -0.3 is 10.4 Å². The lowest BCUT2D eigenvalue weighted by molar-refractivity contribution is -0.141. The number of hydrogen-bond donors (Lipinski definition) is 2. The van der Waals surface area contributed by atoms with E-state index in [1.54, 1.807) is 0 Å². The molecule has 4 nitrogen and oxygen atoms in total. The van der Waals surface area contributed by atoms with E-state index in [9.17, 15) is 9.59 Å². The molecule has 0 spiro atoms. The molecular weight excluding hydrogens is 250 g/mol. The Labute approximate surface area is 110 Å². The van der Waals surface area contributed by atoms with E-state index >= 15 is 0 Å². The van der Waals surface area contributed by atoms with Crippen LogP contribution < -0.4 is 5.32 Å². The third-order valence-corrected chi connectivity index (χ3v) is 4.18. The first-order chi connectivity index (χ1) is 8.56. The number of aliphatic carboxylic acids is 1. The lowest BCUT2D eigenvalue weighted by Crippen LogP contribution is -2.51. The molecule has 0 radical (unpaired) electrons. The summed E-state index contributed by atoms with van der Waals surface area (Å²) in [7, 11) is 0. The fourth-order valence-corrected chi connectivity index (χ4v) is 3.11. The Morgan fingerprint density at radius 1 is 1.56 bits per heavy atom. The summed E-state index contributed by atoms with van der Waals surface area (Å²) >= 11 is 1.42. The van der Waals surface area contributed by atoms with Crippen LogP contribution in [0.4, 0.5) is 0 Å². The van der Waals surface area contributed by atoms with Gasteiger partial charge in [0.25, 0.3) is 0 Å². The molecule has 1 aliphatic heterocycles. The average molecular weight is 265 g/mol. The topological polar surface area (TPSA) is 66.4 Å². The highest BCUT2D eigenvalue weighted by Crippen LogP contribution is 2.22. The van der Waals surface area contributed by atoms with Gasteiger partial charge in [0, 0.05) is 5.75 Å². The number of rotatable bonds is 3. The van der Waals surface area contributed by atoms with Crippen LogP contribution in [0.15, 0.2) is 24.3 Å². The molecule has 2 rings (SSSR count). The quantitative estimate of drug-likeness (QED) is 0.862. The summed E-state index contributed by atoms with van der Waals surface area (Å²) in [6, 6.07) is 7.27. The van der Waals surface area contributed by atoms with E-state index in [1.807, 2.05) is 25.1 Å². The minimum absolute atomic E-state index is 0.180. The number of amides is 1. The minimum Gasteiger partial charge on any atom is -0.480 e. The van der Waals surface area contributed by atoms with E-state index < -0.39 is 12.0 Å². The maximum Gasteiger partial charge on any atom is 0.327 e. The van der Waals surface area contributed by atoms with Crippen molar-refractivity contribution in [2.75, 3.05) is 5.75 Å². The van der Waals surface area contributed by atoms with Crippen molar-refractivity contribution in [2.45, 2.75) is 24.6 Å². The molecule has 1 saturated heterocycles. The van der Waals surface area contributed by atoms with Crippen LogP contribution in [0.25, 0.3) is 0 Å². The molecule has 1 aromatic rings. The van der Waals surface area contributed by atoms with Crippen LogP contribution in [0.2, 0.25) is 0 Å². The Bertz CT molecular complexity index is 475. The first-order valence-electron chi connectivity index (χ1n) is 5.76. The monoisotopic (exact) mass is 265 g/mol. The standard InChI is InChI=1S/C13H15NO3S/c1-8-3-2-4-9(5-8)6-11-12(15)14-10(7-18-11)13(16)17/h2-5,10-11H,6-7H2,1H3,(H,14,15)(H,16,17)/t10-,11+/m1/s1. The number of carboxylic acids is 1. The number of benzene rings is 1. The van der Waals surface area contributed by atoms with E-state index in [0.717, 1.165) is 11.1 Å². The lowest BCUT2D eigenvalue weighted by Gasteiger charge is -2.26. The first-order valence-corrected chi connectivity index (χ1v) is 6.81. The number of thioether (sulfide) groups is 1. The number of aryl methyl sites for hydroxylation is 1. The molecule has 2 atom stereocenters. The van der Waals surface area contributed by atoms with Crippen LogP contribution in [-0.2, 0) is 16.0 Å². The van der Waals surface area contributed by atoms with E-state index in [4.69, 9.17) is 5.11 Å². The molecule has 1 fully saturated rings. The van der Waals surface area contributed by atoms with Gasteiger partial charge in [-0.05, 0) is 18.9 Å². The summed E-state index contributed by atoms with van der Waals surface area (Å²) in [5, 5.41) is 11.2. The average Bonchev–Trinajstić information content (AvgIpc) is 2.31. The van der Waals surface area contributed by atoms with Crippen molar-refractivity contribution in [3.63, 3.8) is 0 Å². The van der Waals surface area contributed by atoms with Crippen molar-refractivity contribution in [3.05, 3.63) is 35.4 Å². The number of nitrogens with one attached hydrogen (secondary N) is 1. The van der Waals surface area contributed by atoms with Crippen molar-refractivity contribution in [2.24, 2.45) is 0 Å². The van der Waals surface area contributed by atoms with Crippen molar-refractivity contribution in [3.8, 4) is 0 Å². The van der Waals surface area contributed by atoms with Gasteiger partial charge in [-0.25, -0.2) is 4.79 Å². The SMILES string of the molecule is Cc1cccc(C[C@@H]2SC[C@H](C(=O)O)NC2=O)c1. The lowest BCUT2D eigenvalue weighted by atomic mass is 10.1. The molecule has 0 saturated carbocycles. The minimum atomic E-state index is -0.968. The summed E-state index contributed by atoms with van der Waals surface area (Å²) in [6.45, 7) is 2.01. The number of carbonyl (C=O) groups is 2. The van der Waals surface area contributed by atoms with Gasteiger partial charge in [-0.15, -0.1) is 11.8 Å². The number of carboxylic acid groups (broad SMARTS) is 1. The van der Waals surface area contributed by atoms with Crippen LogP contribution in [0.1, 0.15) is 11.1 Å². The van der Waals surface area contributed by atoms with E-state index in [2.05, 4.69) is 11.4 Å². The van der Waals surface area contributed by atoms with Crippen molar-refractivity contribution in [1.29, 1.82) is 0 Å². The highest BCUT2D eigenvalue weighted by Gasteiger charge is 2.32. The van der Waals surface area contributed by atoms with Gasteiger partial charge in [0.15, 0.2) is 0 Å². The Balaban J connectivity index is 1.99. The van der Waals surface area contributed by atoms with Crippen molar-refractivity contribution >= 4 is 23.6 Å². The molecule has 18 heavy (non-hydrogen) atoms. The number of carbonyl (C=O) groups excluding carboxylic acids is 1. The molecule has 0 bridgehead atoms. The second-order valence-corrected chi connectivity index (χ2v) is 5.65. The molecule has 1 amide bonds. The predicted octanol–water partition coefficient (Wildman–Crippen LogP) is 1.22. The zero-order valence-electron chi connectivity index (χ0n) is 10.1. The van der Waals surface area contributed by atoms with Crippen molar-refractivity contribution < 1.29 is 14.7 Å². The van der Waals surface area contributed by atoms with Crippen LogP contribution >= 0.6 is 11.8 Å². The summed E-state index contributed by atoms with van der Waals surface area (Å²) in [5.41, 5.74) is 2.27. The molecule has 1 aromatic carbocycles. The van der Waals surface area contributed by atoms with Crippen molar-refractivity contribution in [1.82, 2.24) is 5.32 Å². The molecule has 96 valence electrons. The molecule has 5 heteroatoms. The summed E-state index contributed by atoms with van der Waals surface area (Å²) in [4.78, 5) is 22.6. The zero-order chi connectivity index (χ0) is 13.1. The summed E-state index contributed by atoms with van der Waals surface area (Å²) < 4.78 is 0. The fraction of sp³-hybridized carbons (Fsp3) is 0.385. The van der Waals surface area contributed by atoms with Crippen LogP contribution in [-0.4, -0.2) is 34.0 Å². The summed E-state index contributed by atoms with van der Waals surface area (Å²) in [5.74, 6) is -0.720. The molecule has 1 aliphatic rings. The molecule has 0 aromatic heterocycles. The third-order valence-electron chi connectivity index (χ3n) is 2.87. The molecule has 2 N–H and O–H groups in total. The highest BCUT2D eigenvalue weighted by molar-refractivity contribution is 8.00. The number of hydrogen-bond acceptors (Lipinski definition) is 3. The van der Waals surface area contributed by atoms with E-state index in [0.29, 0.717) is 12.2 Å². The summed E-state index contributed by atoms with van der Waals surface area (Å²) in [6.07, 6.45) is 0.643. The Kier molecular flexibility index (Phi) is 3.91. The molecule has 0 aliphatic carbocycles. The smallest absolute Gasteiger partial charge is 0.327 e. The van der Waals surface area contributed by atoms with Gasteiger partial charge in [-0.3, -0.25) is 4.79 Å². The zero-order valence-corrected chi connectivity index (χ0v) is 10.9. The maximum absolute atomic E-state index is 11.8. The Morgan fingerprint density at radius 3 is 2.94 bits per heavy atom. The molecule has 0 unspecified atom stereocenters. The maximum atomic E-state index is 11.8. The van der Waals surface area contributed by atoms with E-state index in [1.165, 1.54) is 11.8 Å². The van der Waals surface area contributed by atoms with Gasteiger partial charge in [-0.1, -0.05) is 29.8 Å².